The molecule has 0 bridgehead atoms. The molecule has 5 nitrogen and oxygen atoms in total. The molecule has 0 aromatic heterocycles. The largest absolute Gasteiger partial charge is 0.494 e. The maximum Gasteiger partial charge on any atom is 0.494 e. The predicted molar refractivity (Wildman–Crippen MR) is 95.5 cm³/mol. The molecule has 1 N–H and O–H groups in total. The van der Waals surface area contributed by atoms with Gasteiger partial charge in [-0.2, -0.15) is 0 Å². The summed E-state index contributed by atoms with van der Waals surface area (Å²) >= 11 is 0. The van der Waals surface area contributed by atoms with Gasteiger partial charge in [0.15, 0.2) is 0 Å². The summed E-state index contributed by atoms with van der Waals surface area (Å²) in [6.45, 7) is 9.05. The number of likely N-dealkylation sites (N-methyl/N-ethyl adjacent to an activating group) is 1. The predicted octanol–water partition coefficient (Wildman–Crippen LogP) is 1.56. The van der Waals surface area contributed by atoms with Crippen LogP contribution >= 0.6 is 0 Å². The molecule has 0 spiro atoms. The second-order valence-electron chi connectivity index (χ2n) is 7.85. The number of carbonyl (C=O) groups is 1. The zero-order valence-corrected chi connectivity index (χ0v) is 15.6. The van der Waals surface area contributed by atoms with E-state index in [0.29, 0.717) is 18.6 Å². The van der Waals surface area contributed by atoms with Crippen LogP contribution in [0.25, 0.3) is 0 Å². The van der Waals surface area contributed by atoms with E-state index in [9.17, 15) is 9.18 Å². The Morgan fingerprint density at radius 3 is 2.44 bits per heavy atom. The fourth-order valence-electron chi connectivity index (χ4n) is 3.18. The standard InChI is InChI=1S/C18H26BFN2O3/c1-17(2)18(3,4)25-19(24-17)12-6-7-14(15(20)10-12)16(23)22-9-8-13(11-22)21-5/h6-7,10,13,21H,8-9,11H2,1-5H3/t13-/m0/s1. The van der Waals surface area contributed by atoms with Crippen molar-refractivity contribution in [3.8, 4) is 0 Å². The van der Waals surface area contributed by atoms with E-state index in [2.05, 4.69) is 5.32 Å². The Balaban J connectivity index is 1.77. The van der Waals surface area contributed by atoms with E-state index in [0.717, 1.165) is 6.42 Å². The van der Waals surface area contributed by atoms with Crippen LogP contribution in [-0.4, -0.2) is 55.3 Å². The first-order valence-electron chi connectivity index (χ1n) is 8.76. The fourth-order valence-corrected chi connectivity index (χ4v) is 3.18. The van der Waals surface area contributed by atoms with Crippen molar-refractivity contribution in [1.82, 2.24) is 10.2 Å². The van der Waals surface area contributed by atoms with Crippen LogP contribution in [0.4, 0.5) is 4.39 Å². The van der Waals surface area contributed by atoms with E-state index in [1.54, 1.807) is 11.0 Å². The molecule has 2 heterocycles. The van der Waals surface area contributed by atoms with Gasteiger partial charge < -0.3 is 19.5 Å². The van der Waals surface area contributed by atoms with Gasteiger partial charge in [-0.1, -0.05) is 6.07 Å². The molecule has 1 atom stereocenters. The van der Waals surface area contributed by atoms with Crippen molar-refractivity contribution >= 4 is 18.5 Å². The van der Waals surface area contributed by atoms with Gasteiger partial charge in [-0.05, 0) is 58.8 Å². The van der Waals surface area contributed by atoms with Crippen molar-refractivity contribution in [3.63, 3.8) is 0 Å². The minimum Gasteiger partial charge on any atom is -0.399 e. The number of amides is 1. The van der Waals surface area contributed by atoms with Gasteiger partial charge in [-0.25, -0.2) is 4.39 Å². The highest BCUT2D eigenvalue weighted by Gasteiger charge is 2.51. The molecule has 3 rings (SSSR count). The minimum absolute atomic E-state index is 0.0945. The normalized spacial score (nSPS) is 24.8. The highest BCUT2D eigenvalue weighted by atomic mass is 19.1. The Morgan fingerprint density at radius 2 is 1.92 bits per heavy atom. The number of hydrogen-bond acceptors (Lipinski definition) is 4. The van der Waals surface area contributed by atoms with Gasteiger partial charge in [0.05, 0.1) is 16.8 Å². The van der Waals surface area contributed by atoms with E-state index >= 15 is 0 Å². The third-order valence-corrected chi connectivity index (χ3v) is 5.63. The number of rotatable bonds is 3. The molecule has 0 radical (unpaired) electrons. The van der Waals surface area contributed by atoms with E-state index < -0.39 is 24.1 Å². The molecule has 2 saturated heterocycles. The van der Waals surface area contributed by atoms with Crippen LogP contribution in [0.5, 0.6) is 0 Å². The lowest BCUT2D eigenvalue weighted by molar-refractivity contribution is 0.00578. The van der Waals surface area contributed by atoms with Crippen LogP contribution in [0.3, 0.4) is 0 Å². The number of carbonyl (C=O) groups excluding carboxylic acids is 1. The maximum atomic E-state index is 14.6. The van der Waals surface area contributed by atoms with Crippen LogP contribution in [0.15, 0.2) is 18.2 Å². The third kappa shape index (κ3) is 3.33. The van der Waals surface area contributed by atoms with Gasteiger partial charge in [0.2, 0.25) is 0 Å². The van der Waals surface area contributed by atoms with Gasteiger partial charge in [0.25, 0.3) is 5.91 Å². The fraction of sp³-hybridized carbons (Fsp3) is 0.611. The first kappa shape index (κ1) is 18.4. The molecule has 0 aliphatic carbocycles. The summed E-state index contributed by atoms with van der Waals surface area (Å²) in [7, 11) is 1.24. The molecule has 0 unspecified atom stereocenters. The summed E-state index contributed by atoms with van der Waals surface area (Å²) in [5, 5.41) is 3.16. The zero-order chi connectivity index (χ0) is 18.4. The quantitative estimate of drug-likeness (QED) is 0.843. The van der Waals surface area contributed by atoms with Crippen LogP contribution in [0, 0.1) is 5.82 Å². The molecule has 1 aromatic rings. The Morgan fingerprint density at radius 1 is 1.28 bits per heavy atom. The van der Waals surface area contributed by atoms with E-state index in [4.69, 9.17) is 9.31 Å². The second kappa shape index (κ2) is 6.38. The van der Waals surface area contributed by atoms with Gasteiger partial charge >= 0.3 is 7.12 Å². The summed E-state index contributed by atoms with van der Waals surface area (Å²) in [6, 6.07) is 4.87. The highest BCUT2D eigenvalue weighted by molar-refractivity contribution is 6.62. The van der Waals surface area contributed by atoms with Gasteiger partial charge in [-0.3, -0.25) is 4.79 Å². The molecule has 2 aliphatic heterocycles. The summed E-state index contributed by atoms with van der Waals surface area (Å²) in [4.78, 5) is 14.3. The average Bonchev–Trinajstić information content (AvgIpc) is 3.09. The smallest absolute Gasteiger partial charge is 0.399 e. The monoisotopic (exact) mass is 348 g/mol. The lowest BCUT2D eigenvalue weighted by Crippen LogP contribution is -2.41. The first-order valence-corrected chi connectivity index (χ1v) is 8.76. The van der Waals surface area contributed by atoms with Crippen LogP contribution in [0.2, 0.25) is 0 Å². The summed E-state index contributed by atoms with van der Waals surface area (Å²) in [5.74, 6) is -0.805. The number of likely N-dealkylation sites (tertiary alicyclic amines) is 1. The molecule has 136 valence electrons. The molecule has 7 heteroatoms. The van der Waals surface area contributed by atoms with Crippen molar-refractivity contribution in [2.75, 3.05) is 20.1 Å². The lowest BCUT2D eigenvalue weighted by Gasteiger charge is -2.32. The van der Waals surface area contributed by atoms with Gasteiger partial charge in [-0.15, -0.1) is 0 Å². The van der Waals surface area contributed by atoms with Gasteiger partial charge in [0, 0.05) is 19.1 Å². The number of halogens is 1. The molecule has 25 heavy (non-hydrogen) atoms. The first-order chi connectivity index (χ1) is 11.6. The Kier molecular flexibility index (Phi) is 4.68. The zero-order valence-electron chi connectivity index (χ0n) is 15.6. The molecule has 2 aliphatic rings. The van der Waals surface area contributed by atoms with E-state index in [1.165, 1.54) is 12.1 Å². The minimum atomic E-state index is -0.635. The summed E-state index contributed by atoms with van der Waals surface area (Å²) in [6.07, 6.45) is 0.885. The summed E-state index contributed by atoms with van der Waals surface area (Å²) < 4.78 is 26.5. The van der Waals surface area contributed by atoms with Crippen LogP contribution in [-0.2, 0) is 9.31 Å². The molecular weight excluding hydrogens is 322 g/mol. The van der Waals surface area contributed by atoms with Gasteiger partial charge in [0.1, 0.15) is 5.82 Å². The molecule has 0 saturated carbocycles. The summed E-state index contributed by atoms with van der Waals surface area (Å²) in [5.41, 5.74) is -0.292. The number of hydrogen-bond donors (Lipinski definition) is 1. The van der Waals surface area contributed by atoms with Crippen molar-refractivity contribution in [2.24, 2.45) is 0 Å². The maximum absolute atomic E-state index is 14.6. The van der Waals surface area contributed by atoms with E-state index in [1.807, 2.05) is 34.7 Å². The number of nitrogens with zero attached hydrogens (tertiary/aromatic N) is 1. The highest BCUT2D eigenvalue weighted by Crippen LogP contribution is 2.36. The Labute approximate surface area is 149 Å². The number of nitrogens with one attached hydrogen (secondary N) is 1. The van der Waals surface area contributed by atoms with Crippen molar-refractivity contribution < 1.29 is 18.5 Å². The molecule has 2 fully saturated rings. The van der Waals surface area contributed by atoms with Crippen molar-refractivity contribution in [2.45, 2.75) is 51.4 Å². The van der Waals surface area contributed by atoms with Crippen LogP contribution < -0.4 is 10.8 Å². The molecule has 1 amide bonds. The Hall–Kier alpha value is -1.44. The second-order valence-corrected chi connectivity index (χ2v) is 7.85. The topological polar surface area (TPSA) is 50.8 Å². The van der Waals surface area contributed by atoms with Crippen LogP contribution in [0.1, 0.15) is 44.5 Å². The Bertz CT molecular complexity index is 664. The average molecular weight is 348 g/mol. The lowest BCUT2D eigenvalue weighted by atomic mass is 9.78. The van der Waals surface area contributed by atoms with Crippen molar-refractivity contribution in [1.29, 1.82) is 0 Å². The number of benzene rings is 1. The molecular formula is C18H26BFN2O3. The van der Waals surface area contributed by atoms with Crippen molar-refractivity contribution in [3.05, 3.63) is 29.6 Å². The van der Waals surface area contributed by atoms with E-state index in [-0.39, 0.29) is 17.5 Å². The third-order valence-electron chi connectivity index (χ3n) is 5.63. The SMILES string of the molecule is CN[C@H]1CCN(C(=O)c2ccc(B3OC(C)(C)C(C)(C)O3)cc2F)C1. The molecule has 1 aromatic carbocycles.